The summed E-state index contributed by atoms with van der Waals surface area (Å²) in [6.45, 7) is 20.6. The van der Waals surface area contributed by atoms with Gasteiger partial charge in [0.25, 0.3) is 0 Å². The lowest BCUT2D eigenvalue weighted by Gasteiger charge is -2.35. The molecule has 0 aromatic rings. The Morgan fingerprint density at radius 2 is 1.12 bits per heavy atom. The summed E-state index contributed by atoms with van der Waals surface area (Å²) in [5.74, 6) is -0.657. The molecule has 0 fully saturated rings. The lowest BCUT2D eigenvalue weighted by Crippen LogP contribution is -2.32. The van der Waals surface area contributed by atoms with Crippen molar-refractivity contribution in [3.8, 4) is 0 Å². The molecule has 0 radical (unpaired) electrons. The fourth-order valence-corrected chi connectivity index (χ4v) is 5.72. The van der Waals surface area contributed by atoms with Gasteiger partial charge in [-0.1, -0.05) is 141 Å². The first-order valence-corrected chi connectivity index (χ1v) is 15.3. The van der Waals surface area contributed by atoms with Gasteiger partial charge in [-0.15, -0.1) is 0 Å². The smallest absolute Gasteiger partial charge is 0.224 e. The maximum absolute atomic E-state index is 12.1. The lowest BCUT2D eigenvalue weighted by molar-refractivity contribution is -0.136. The molecular weight excluding hydrogens is 528 g/mol. The van der Waals surface area contributed by atoms with E-state index < -0.39 is 0 Å². The Morgan fingerprint density at radius 3 is 1.60 bits per heavy atom. The molecule has 2 rings (SSSR count). The van der Waals surface area contributed by atoms with Crippen molar-refractivity contribution in [2.75, 3.05) is 0 Å². The van der Waals surface area contributed by atoms with Crippen molar-refractivity contribution in [1.29, 1.82) is 0 Å². The fraction of sp³-hybridized carbons (Fsp3) is 0.400. The van der Waals surface area contributed by atoms with Crippen LogP contribution in [-0.2, 0) is 9.59 Å². The van der Waals surface area contributed by atoms with E-state index in [0.29, 0.717) is 5.57 Å². The Morgan fingerprint density at radius 1 is 0.674 bits per heavy atom. The molecule has 1 atom stereocenters. The number of carbonyl (C=O) groups excluding carboxylic acids is 2. The summed E-state index contributed by atoms with van der Waals surface area (Å²) in [5.41, 5.74) is 8.31. The molecule has 3 nitrogen and oxygen atoms in total. The van der Waals surface area contributed by atoms with Crippen molar-refractivity contribution in [3.63, 3.8) is 0 Å². The second-order valence-electron chi connectivity index (χ2n) is 13.4. The molecule has 0 saturated heterocycles. The summed E-state index contributed by atoms with van der Waals surface area (Å²) < 4.78 is 0. The quantitative estimate of drug-likeness (QED) is 0.207. The van der Waals surface area contributed by atoms with Crippen LogP contribution >= 0.6 is 0 Å². The molecule has 0 bridgehead atoms. The molecule has 2 aliphatic carbocycles. The van der Waals surface area contributed by atoms with Crippen LogP contribution < -0.4 is 0 Å². The van der Waals surface area contributed by atoms with Crippen molar-refractivity contribution in [2.24, 2.45) is 10.8 Å². The Kier molecular flexibility index (Phi) is 13.1. The van der Waals surface area contributed by atoms with E-state index >= 15 is 0 Å². The highest BCUT2D eigenvalue weighted by molar-refractivity contribution is 6.44. The third-order valence-corrected chi connectivity index (χ3v) is 8.10. The monoisotopic (exact) mass is 580 g/mol. The number of aliphatic hydroxyl groups excluding tert-OH is 1. The molecule has 1 N–H and O–H groups in total. The molecule has 0 aromatic heterocycles. The van der Waals surface area contributed by atoms with Crippen LogP contribution in [0.4, 0.5) is 0 Å². The fourth-order valence-electron chi connectivity index (χ4n) is 5.72. The van der Waals surface area contributed by atoms with E-state index in [2.05, 4.69) is 90.2 Å². The number of Topliss-reactive ketones (excluding diaryl/α,β-unsaturated/α-hetero) is 2. The van der Waals surface area contributed by atoms with Gasteiger partial charge in [-0.3, -0.25) is 9.59 Å². The molecule has 230 valence electrons. The molecule has 1 unspecified atom stereocenters. The van der Waals surface area contributed by atoms with Crippen molar-refractivity contribution >= 4 is 11.6 Å². The molecule has 0 heterocycles. The highest BCUT2D eigenvalue weighted by Crippen LogP contribution is 2.41. The Labute approximate surface area is 260 Å². The number of allylic oxidation sites excluding steroid dienone is 21. The van der Waals surface area contributed by atoms with Gasteiger partial charge < -0.3 is 5.11 Å². The van der Waals surface area contributed by atoms with Gasteiger partial charge in [0.2, 0.25) is 11.6 Å². The average molecular weight is 581 g/mol. The molecule has 43 heavy (non-hydrogen) atoms. The van der Waals surface area contributed by atoms with Crippen molar-refractivity contribution in [3.05, 3.63) is 130 Å². The molecule has 3 heteroatoms. The predicted octanol–water partition coefficient (Wildman–Crippen LogP) is 9.93. The maximum atomic E-state index is 12.1. The van der Waals surface area contributed by atoms with Crippen LogP contribution in [0.25, 0.3) is 0 Å². The van der Waals surface area contributed by atoms with Gasteiger partial charge in [0.05, 0.1) is 6.10 Å². The maximum Gasteiger partial charge on any atom is 0.224 e. The van der Waals surface area contributed by atoms with E-state index in [1.165, 1.54) is 16.7 Å². The summed E-state index contributed by atoms with van der Waals surface area (Å²) in [6.07, 6.45) is 30.6. The van der Waals surface area contributed by atoms with Gasteiger partial charge in [-0.25, -0.2) is 0 Å². The van der Waals surface area contributed by atoms with E-state index in [1.54, 1.807) is 6.92 Å². The second-order valence-corrected chi connectivity index (χ2v) is 13.4. The number of carbonyl (C=O) groups is 2. The zero-order valence-corrected chi connectivity index (χ0v) is 28.0. The number of rotatable bonds is 10. The first-order chi connectivity index (χ1) is 20.0. The lowest BCUT2D eigenvalue weighted by atomic mass is 9.71. The van der Waals surface area contributed by atoms with E-state index in [1.807, 2.05) is 57.2 Å². The zero-order chi connectivity index (χ0) is 32.4. The van der Waals surface area contributed by atoms with Crippen LogP contribution in [0.1, 0.15) is 88.5 Å². The normalized spacial score (nSPS) is 23.1. The molecule has 0 aromatic carbocycles. The topological polar surface area (TPSA) is 54.4 Å². The summed E-state index contributed by atoms with van der Waals surface area (Å²) in [6, 6.07) is 0. The number of aliphatic hydroxyl groups is 1. The Bertz CT molecular complexity index is 1420. The first kappa shape index (κ1) is 35.6. The van der Waals surface area contributed by atoms with Crippen molar-refractivity contribution in [2.45, 2.75) is 94.6 Å². The van der Waals surface area contributed by atoms with Gasteiger partial charge in [-0.2, -0.15) is 0 Å². The average Bonchev–Trinajstić information content (AvgIpc) is 2.88. The third-order valence-electron chi connectivity index (χ3n) is 8.10. The first-order valence-electron chi connectivity index (χ1n) is 15.3. The van der Waals surface area contributed by atoms with Crippen LogP contribution in [0.3, 0.4) is 0 Å². The summed E-state index contributed by atoms with van der Waals surface area (Å²) >= 11 is 0. The van der Waals surface area contributed by atoms with Crippen LogP contribution in [0.15, 0.2) is 130 Å². The van der Waals surface area contributed by atoms with Gasteiger partial charge in [0.15, 0.2) is 0 Å². The SMILES string of the molecule is CC1=C(/C=C/C(C)=C/C=C/C(C)=C/C=C/C=C(C)/C=C/C=C(C)/C=C/C2=C(C)C(=O)C(=O)CC2(C)C)C(C)(C)CC(O)C1. The number of hydrogen-bond donors (Lipinski definition) is 1. The largest absolute Gasteiger partial charge is 0.393 e. The van der Waals surface area contributed by atoms with Gasteiger partial charge in [0.1, 0.15) is 0 Å². The van der Waals surface area contributed by atoms with Crippen LogP contribution in [0.5, 0.6) is 0 Å². The summed E-state index contributed by atoms with van der Waals surface area (Å²) in [4.78, 5) is 24.1. The minimum absolute atomic E-state index is 0.00701. The van der Waals surface area contributed by atoms with E-state index in [4.69, 9.17) is 0 Å². The minimum atomic E-state index is -0.360. The summed E-state index contributed by atoms with van der Waals surface area (Å²) in [7, 11) is 0. The molecule has 2 aliphatic rings. The number of hydrogen-bond acceptors (Lipinski definition) is 3. The van der Waals surface area contributed by atoms with Crippen LogP contribution in [-0.4, -0.2) is 22.8 Å². The molecule has 0 aliphatic heterocycles. The van der Waals surface area contributed by atoms with Gasteiger partial charge in [-0.05, 0) is 76.4 Å². The van der Waals surface area contributed by atoms with Gasteiger partial charge >= 0.3 is 0 Å². The molecule has 0 spiro atoms. The van der Waals surface area contributed by atoms with E-state index in [-0.39, 0.29) is 34.9 Å². The highest BCUT2D eigenvalue weighted by atomic mass is 16.3. The highest BCUT2D eigenvalue weighted by Gasteiger charge is 2.36. The second kappa shape index (κ2) is 15.8. The van der Waals surface area contributed by atoms with E-state index in [0.717, 1.165) is 35.1 Å². The van der Waals surface area contributed by atoms with Gasteiger partial charge in [0, 0.05) is 12.0 Å². The van der Waals surface area contributed by atoms with Crippen LogP contribution in [0, 0.1) is 10.8 Å². The Balaban J connectivity index is 1.93. The van der Waals surface area contributed by atoms with Crippen molar-refractivity contribution < 1.29 is 14.7 Å². The Hall–Kier alpha value is -3.56. The third kappa shape index (κ3) is 11.2. The zero-order valence-electron chi connectivity index (χ0n) is 28.0. The van der Waals surface area contributed by atoms with Crippen LogP contribution in [0.2, 0.25) is 0 Å². The standard InChI is InChI=1S/C40H52O3/c1-28(17-13-19-30(3)21-23-35-32(5)25-34(41)26-39(35,7)8)15-11-12-16-29(2)18-14-20-31(4)22-24-36-33(6)38(43)37(42)27-40(36,9)10/h11-24,34,41H,25-27H2,1-10H3/b12-11+,17-13+,18-14+,23-21+,24-22+,28-15+,29-16+,30-19+,31-20+. The molecule has 0 amide bonds. The summed E-state index contributed by atoms with van der Waals surface area (Å²) in [5, 5.41) is 10.1. The molecule has 0 saturated carbocycles. The predicted molar refractivity (Wildman–Crippen MR) is 184 cm³/mol. The number of ketones is 2. The van der Waals surface area contributed by atoms with Crippen molar-refractivity contribution in [1.82, 2.24) is 0 Å². The van der Waals surface area contributed by atoms with E-state index in [9.17, 15) is 14.7 Å². The molecular formula is C40H52O3. The minimum Gasteiger partial charge on any atom is -0.393 e.